The van der Waals surface area contributed by atoms with Gasteiger partial charge < -0.3 is 10.6 Å². The lowest BCUT2D eigenvalue weighted by Gasteiger charge is -2.34. The van der Waals surface area contributed by atoms with E-state index in [4.69, 9.17) is 5.73 Å². The molecule has 1 saturated carbocycles. The van der Waals surface area contributed by atoms with Crippen molar-refractivity contribution < 1.29 is 9.18 Å². The number of rotatable bonds is 4. The summed E-state index contributed by atoms with van der Waals surface area (Å²) in [5.41, 5.74) is 6.22. The second-order valence-corrected chi connectivity index (χ2v) is 6.55. The third-order valence-corrected chi connectivity index (χ3v) is 4.80. The lowest BCUT2D eigenvalue weighted by Crippen LogP contribution is -2.49. The Labute approximate surface area is 137 Å². The fourth-order valence-corrected chi connectivity index (χ4v) is 3.21. The fraction of sp³-hybridized carbons (Fsp3) is 0.588. The lowest BCUT2D eigenvalue weighted by molar-refractivity contribution is -0.135. The highest BCUT2D eigenvalue weighted by Gasteiger charge is 2.48. The molecule has 1 amide bonds. The topological polar surface area (TPSA) is 46.3 Å². The number of hydrogen-bond acceptors (Lipinski definition) is 2. The molecule has 2 N–H and O–H groups in total. The van der Waals surface area contributed by atoms with Crippen LogP contribution in [0.3, 0.4) is 0 Å². The van der Waals surface area contributed by atoms with Crippen molar-refractivity contribution in [1.82, 2.24) is 4.90 Å². The summed E-state index contributed by atoms with van der Waals surface area (Å²) >= 11 is 0. The number of carbonyl (C=O) groups excluding carboxylic acids is 1. The summed E-state index contributed by atoms with van der Waals surface area (Å²) in [6.07, 6.45) is 5.47. The zero-order chi connectivity index (χ0) is 14.9. The van der Waals surface area contributed by atoms with Crippen LogP contribution in [0.1, 0.15) is 37.7 Å². The van der Waals surface area contributed by atoms with Crippen molar-refractivity contribution in [3.8, 4) is 0 Å². The molecule has 1 aliphatic carbocycles. The van der Waals surface area contributed by atoms with Crippen molar-refractivity contribution in [3.05, 3.63) is 35.6 Å². The number of benzene rings is 1. The van der Waals surface area contributed by atoms with Crippen LogP contribution >= 0.6 is 12.4 Å². The molecule has 2 fully saturated rings. The van der Waals surface area contributed by atoms with Gasteiger partial charge in [-0.3, -0.25) is 4.79 Å². The maximum absolute atomic E-state index is 13.6. The van der Waals surface area contributed by atoms with Crippen LogP contribution in [0.2, 0.25) is 0 Å². The van der Waals surface area contributed by atoms with Gasteiger partial charge in [-0.05, 0) is 56.1 Å². The van der Waals surface area contributed by atoms with Crippen LogP contribution in [0.4, 0.5) is 4.39 Å². The standard InChI is InChI=1S/C17H23FN2O.ClH/c18-15-6-2-1-5-14(15)8-7-13-4-3-11-20(12-13)16(21)17(19)9-10-17;/h1-2,5-6,13H,3-4,7-12,19H2;1H. The average molecular weight is 327 g/mol. The minimum Gasteiger partial charge on any atom is -0.341 e. The number of hydrogen-bond donors (Lipinski definition) is 1. The average Bonchev–Trinajstić information content (AvgIpc) is 3.25. The van der Waals surface area contributed by atoms with Crippen LogP contribution in [-0.2, 0) is 11.2 Å². The van der Waals surface area contributed by atoms with Gasteiger partial charge in [-0.1, -0.05) is 18.2 Å². The van der Waals surface area contributed by atoms with Crippen molar-refractivity contribution in [2.24, 2.45) is 11.7 Å². The summed E-state index contributed by atoms with van der Waals surface area (Å²) < 4.78 is 13.6. The monoisotopic (exact) mass is 326 g/mol. The van der Waals surface area contributed by atoms with Gasteiger partial charge in [0.25, 0.3) is 0 Å². The smallest absolute Gasteiger partial charge is 0.242 e. The molecule has 1 aliphatic heterocycles. The predicted molar refractivity (Wildman–Crippen MR) is 87.4 cm³/mol. The zero-order valence-electron chi connectivity index (χ0n) is 12.8. The van der Waals surface area contributed by atoms with Crippen LogP contribution in [0.5, 0.6) is 0 Å². The van der Waals surface area contributed by atoms with E-state index in [-0.39, 0.29) is 24.1 Å². The molecule has 0 aromatic heterocycles. The van der Waals surface area contributed by atoms with Crippen LogP contribution < -0.4 is 5.73 Å². The number of amides is 1. The first kappa shape index (κ1) is 17.2. The van der Waals surface area contributed by atoms with Gasteiger partial charge >= 0.3 is 0 Å². The third kappa shape index (κ3) is 3.79. The molecule has 1 aromatic rings. The Morgan fingerprint density at radius 1 is 1.36 bits per heavy atom. The van der Waals surface area contributed by atoms with Gasteiger partial charge in [0.1, 0.15) is 5.82 Å². The maximum Gasteiger partial charge on any atom is 0.242 e. The van der Waals surface area contributed by atoms with Crippen LogP contribution in [0.25, 0.3) is 0 Å². The minimum absolute atomic E-state index is 0. The molecular formula is C17H24ClFN2O. The number of nitrogens with two attached hydrogens (primary N) is 1. The molecule has 5 heteroatoms. The van der Waals surface area contributed by atoms with E-state index in [1.165, 1.54) is 6.07 Å². The third-order valence-electron chi connectivity index (χ3n) is 4.80. The molecule has 0 bridgehead atoms. The Morgan fingerprint density at radius 2 is 2.09 bits per heavy atom. The summed E-state index contributed by atoms with van der Waals surface area (Å²) in [5.74, 6) is 0.461. The fourth-order valence-electron chi connectivity index (χ4n) is 3.21. The highest BCUT2D eigenvalue weighted by atomic mass is 35.5. The first-order valence-electron chi connectivity index (χ1n) is 7.90. The van der Waals surface area contributed by atoms with Crippen molar-refractivity contribution >= 4 is 18.3 Å². The Bertz CT molecular complexity index is 533. The van der Waals surface area contributed by atoms with Gasteiger partial charge in [0, 0.05) is 13.1 Å². The van der Waals surface area contributed by atoms with Crippen molar-refractivity contribution in [3.63, 3.8) is 0 Å². The molecule has 1 saturated heterocycles. The number of nitrogens with zero attached hydrogens (tertiary/aromatic N) is 1. The molecule has 1 atom stereocenters. The highest BCUT2D eigenvalue weighted by molar-refractivity contribution is 5.89. The zero-order valence-corrected chi connectivity index (χ0v) is 13.6. The van der Waals surface area contributed by atoms with Crippen molar-refractivity contribution in [2.45, 2.75) is 44.1 Å². The predicted octanol–water partition coefficient (Wildman–Crippen LogP) is 2.91. The first-order valence-corrected chi connectivity index (χ1v) is 7.90. The Morgan fingerprint density at radius 3 is 2.77 bits per heavy atom. The van der Waals surface area contributed by atoms with E-state index in [1.54, 1.807) is 6.07 Å². The summed E-state index contributed by atoms with van der Waals surface area (Å²) in [6, 6.07) is 6.95. The Hall–Kier alpha value is -1.13. The molecule has 1 unspecified atom stereocenters. The first-order chi connectivity index (χ1) is 10.1. The van der Waals surface area contributed by atoms with Gasteiger partial charge in [0.15, 0.2) is 0 Å². The van der Waals surface area contributed by atoms with E-state index in [0.29, 0.717) is 5.92 Å². The Balaban J connectivity index is 0.00000176. The lowest BCUT2D eigenvalue weighted by atomic mass is 9.91. The molecule has 122 valence electrons. The Kier molecular flexibility index (Phi) is 5.45. The molecule has 1 aromatic carbocycles. The number of likely N-dealkylation sites (tertiary alicyclic amines) is 1. The molecule has 3 nitrogen and oxygen atoms in total. The van der Waals surface area contributed by atoms with Gasteiger partial charge in [0.05, 0.1) is 5.54 Å². The number of carbonyl (C=O) groups is 1. The van der Waals surface area contributed by atoms with E-state index in [2.05, 4.69) is 0 Å². The molecule has 0 radical (unpaired) electrons. The maximum atomic E-state index is 13.6. The molecule has 2 aliphatic rings. The second kappa shape index (κ2) is 6.97. The molecule has 1 heterocycles. The summed E-state index contributed by atoms with van der Waals surface area (Å²) in [4.78, 5) is 14.2. The number of aryl methyl sites for hydroxylation is 1. The quantitative estimate of drug-likeness (QED) is 0.924. The number of halogens is 2. The molecule has 22 heavy (non-hydrogen) atoms. The van der Waals surface area contributed by atoms with Crippen LogP contribution in [0.15, 0.2) is 24.3 Å². The van der Waals surface area contributed by atoms with E-state index in [1.807, 2.05) is 17.0 Å². The van der Waals surface area contributed by atoms with E-state index in [0.717, 1.165) is 57.2 Å². The largest absolute Gasteiger partial charge is 0.341 e. The number of piperidine rings is 1. The molecule has 0 spiro atoms. The SMILES string of the molecule is Cl.NC1(C(=O)N2CCCC(CCc3ccccc3F)C2)CC1. The molecule has 3 rings (SSSR count). The van der Waals surface area contributed by atoms with Gasteiger partial charge in [-0.25, -0.2) is 4.39 Å². The van der Waals surface area contributed by atoms with E-state index < -0.39 is 5.54 Å². The van der Waals surface area contributed by atoms with Gasteiger partial charge in [-0.2, -0.15) is 0 Å². The van der Waals surface area contributed by atoms with E-state index in [9.17, 15) is 9.18 Å². The van der Waals surface area contributed by atoms with Crippen molar-refractivity contribution in [1.29, 1.82) is 0 Å². The van der Waals surface area contributed by atoms with E-state index >= 15 is 0 Å². The van der Waals surface area contributed by atoms with Crippen molar-refractivity contribution in [2.75, 3.05) is 13.1 Å². The summed E-state index contributed by atoms with van der Waals surface area (Å²) in [6.45, 7) is 1.61. The van der Waals surface area contributed by atoms with Crippen LogP contribution in [-0.4, -0.2) is 29.4 Å². The highest BCUT2D eigenvalue weighted by Crippen LogP contribution is 2.35. The van der Waals surface area contributed by atoms with Gasteiger partial charge in [-0.15, -0.1) is 12.4 Å². The second-order valence-electron chi connectivity index (χ2n) is 6.55. The normalized spacial score (nSPS) is 22.8. The van der Waals surface area contributed by atoms with Crippen LogP contribution in [0, 0.1) is 11.7 Å². The summed E-state index contributed by atoms with van der Waals surface area (Å²) in [7, 11) is 0. The minimum atomic E-state index is -0.562. The van der Waals surface area contributed by atoms with Gasteiger partial charge in [0.2, 0.25) is 5.91 Å². The molecular weight excluding hydrogens is 303 g/mol. The summed E-state index contributed by atoms with van der Waals surface area (Å²) in [5, 5.41) is 0.